The molecule has 2 aromatic rings. The van der Waals surface area contributed by atoms with E-state index in [1.807, 2.05) is 42.5 Å². The van der Waals surface area contributed by atoms with Gasteiger partial charge in [-0.05, 0) is 16.3 Å². The summed E-state index contributed by atoms with van der Waals surface area (Å²) in [4.78, 5) is 28.6. The van der Waals surface area contributed by atoms with Gasteiger partial charge in [0.15, 0.2) is 5.17 Å². The molecule has 1 aliphatic rings. The quantitative estimate of drug-likeness (QED) is 0.747. The van der Waals surface area contributed by atoms with Gasteiger partial charge in [-0.1, -0.05) is 54.2 Å². The van der Waals surface area contributed by atoms with Crippen LogP contribution in [0, 0.1) is 0 Å². The van der Waals surface area contributed by atoms with E-state index in [2.05, 4.69) is 15.6 Å². The number of hydrogen-bond donors (Lipinski definition) is 3. The molecule has 0 aromatic heterocycles. The summed E-state index contributed by atoms with van der Waals surface area (Å²) in [6, 6.07) is 12.6. The van der Waals surface area contributed by atoms with Crippen molar-refractivity contribution in [3.63, 3.8) is 0 Å². The molecule has 25 heavy (non-hydrogen) atoms. The van der Waals surface area contributed by atoms with Crippen molar-refractivity contribution >= 4 is 39.5 Å². The maximum Gasteiger partial charge on any atom is 0.250 e. The molecule has 0 aliphatic carbocycles. The minimum Gasteiger partial charge on any atom is -0.394 e. The zero-order chi connectivity index (χ0) is 17.6. The summed E-state index contributed by atoms with van der Waals surface area (Å²) < 4.78 is 0. The lowest BCUT2D eigenvalue weighted by Crippen LogP contribution is -2.50. The Kier molecular flexibility index (Phi) is 5.67. The van der Waals surface area contributed by atoms with Gasteiger partial charge >= 0.3 is 0 Å². The summed E-state index contributed by atoms with van der Waals surface area (Å²) in [7, 11) is 0. The zero-order valence-corrected chi connectivity index (χ0v) is 14.4. The number of carbonyl (C=O) groups excluding carboxylic acids is 2. The van der Waals surface area contributed by atoms with Crippen LogP contribution in [0.3, 0.4) is 0 Å². The van der Waals surface area contributed by atoms with Crippen molar-refractivity contribution in [1.82, 2.24) is 10.6 Å². The van der Waals surface area contributed by atoms with Gasteiger partial charge in [0, 0.05) is 5.75 Å². The van der Waals surface area contributed by atoms with E-state index in [0.717, 1.165) is 22.1 Å². The Morgan fingerprint density at radius 3 is 2.76 bits per heavy atom. The maximum atomic E-state index is 12.3. The van der Waals surface area contributed by atoms with Crippen molar-refractivity contribution < 1.29 is 14.7 Å². The first kappa shape index (κ1) is 17.4. The molecule has 130 valence electrons. The minimum atomic E-state index is -0.994. The van der Waals surface area contributed by atoms with Crippen molar-refractivity contribution in [1.29, 1.82) is 0 Å². The fraction of sp³-hybridized carbons (Fsp3) is 0.278. The molecule has 2 amide bonds. The molecule has 3 N–H and O–H groups in total. The van der Waals surface area contributed by atoms with Crippen LogP contribution < -0.4 is 10.6 Å². The molecule has 0 radical (unpaired) electrons. The molecule has 6 nitrogen and oxygen atoms in total. The molecule has 0 saturated heterocycles. The van der Waals surface area contributed by atoms with Crippen LogP contribution in [-0.4, -0.2) is 47.0 Å². The van der Waals surface area contributed by atoms with E-state index in [1.165, 1.54) is 11.8 Å². The summed E-state index contributed by atoms with van der Waals surface area (Å²) >= 11 is 1.45. The van der Waals surface area contributed by atoms with E-state index >= 15 is 0 Å². The van der Waals surface area contributed by atoms with Gasteiger partial charge in [-0.2, -0.15) is 0 Å². The second kappa shape index (κ2) is 8.13. The molecule has 3 rings (SSSR count). The van der Waals surface area contributed by atoms with Gasteiger partial charge < -0.3 is 15.7 Å². The van der Waals surface area contributed by atoms with Crippen LogP contribution in [0.1, 0.15) is 5.56 Å². The first-order valence-electron chi connectivity index (χ1n) is 8.02. The van der Waals surface area contributed by atoms with Crippen molar-refractivity contribution in [3.05, 3.63) is 48.0 Å². The number of benzene rings is 2. The first-order chi connectivity index (χ1) is 12.2. The molecule has 0 unspecified atom stereocenters. The smallest absolute Gasteiger partial charge is 0.250 e. The van der Waals surface area contributed by atoms with E-state index in [4.69, 9.17) is 0 Å². The number of aliphatic hydroxyl groups is 1. The van der Waals surface area contributed by atoms with Crippen LogP contribution in [0.4, 0.5) is 0 Å². The van der Waals surface area contributed by atoms with Gasteiger partial charge in [0.1, 0.15) is 6.04 Å². The van der Waals surface area contributed by atoms with Crippen LogP contribution in [0.25, 0.3) is 10.8 Å². The number of carbonyl (C=O) groups is 2. The molecule has 1 atom stereocenters. The van der Waals surface area contributed by atoms with E-state index in [9.17, 15) is 14.7 Å². The lowest BCUT2D eigenvalue weighted by Gasteiger charge is -2.16. The lowest BCUT2D eigenvalue weighted by atomic mass is 10.0. The highest BCUT2D eigenvalue weighted by atomic mass is 32.2. The van der Waals surface area contributed by atoms with Gasteiger partial charge in [-0.25, -0.2) is 0 Å². The third kappa shape index (κ3) is 4.37. The maximum absolute atomic E-state index is 12.3. The third-order valence-electron chi connectivity index (χ3n) is 3.88. The van der Waals surface area contributed by atoms with E-state index in [-0.39, 0.29) is 12.3 Å². The Morgan fingerprint density at radius 2 is 2.00 bits per heavy atom. The molecule has 7 heteroatoms. The molecule has 0 spiro atoms. The molecule has 1 heterocycles. The number of aliphatic imine (C=N–C) groups is 1. The Hall–Kier alpha value is -2.38. The zero-order valence-electron chi connectivity index (χ0n) is 13.6. The number of thioether (sulfide) groups is 1. The molecule has 2 aromatic carbocycles. The Morgan fingerprint density at radius 1 is 1.20 bits per heavy atom. The summed E-state index contributed by atoms with van der Waals surface area (Å²) in [5.41, 5.74) is 0.878. The number of amidine groups is 1. The van der Waals surface area contributed by atoms with E-state index in [0.29, 0.717) is 11.7 Å². The lowest BCUT2D eigenvalue weighted by molar-refractivity contribution is -0.128. The fourth-order valence-electron chi connectivity index (χ4n) is 2.66. The van der Waals surface area contributed by atoms with Crippen molar-refractivity contribution in [2.24, 2.45) is 4.99 Å². The van der Waals surface area contributed by atoms with Gasteiger partial charge in [0.2, 0.25) is 5.91 Å². The Balaban J connectivity index is 1.64. The number of nitrogens with one attached hydrogen (secondary N) is 2. The number of aliphatic hydroxyl groups excluding tert-OH is 1. The van der Waals surface area contributed by atoms with Crippen LogP contribution in [0.2, 0.25) is 0 Å². The van der Waals surface area contributed by atoms with Gasteiger partial charge in [0.05, 0.1) is 19.6 Å². The molecule has 1 aliphatic heterocycles. The van der Waals surface area contributed by atoms with Crippen LogP contribution in [-0.2, 0) is 16.0 Å². The largest absolute Gasteiger partial charge is 0.394 e. The molecule has 0 saturated carbocycles. The fourth-order valence-corrected chi connectivity index (χ4v) is 3.39. The van der Waals surface area contributed by atoms with Crippen LogP contribution in [0.5, 0.6) is 0 Å². The predicted molar refractivity (Wildman–Crippen MR) is 99.6 cm³/mol. The number of nitrogens with zero attached hydrogens (tertiary/aromatic N) is 1. The second-order valence-corrected chi connectivity index (χ2v) is 6.73. The summed E-state index contributed by atoms with van der Waals surface area (Å²) in [6.07, 6.45) is 0.140. The normalized spacial score (nSPS) is 14.8. The van der Waals surface area contributed by atoms with Crippen molar-refractivity contribution in [2.75, 3.05) is 18.9 Å². The summed E-state index contributed by atoms with van der Waals surface area (Å²) in [6.45, 7) is 0.197. The summed E-state index contributed by atoms with van der Waals surface area (Å²) in [5.74, 6) is 0.0563. The number of hydrogen-bond acceptors (Lipinski definition) is 5. The average molecular weight is 357 g/mol. The Labute approximate surface area is 149 Å². The monoisotopic (exact) mass is 357 g/mol. The highest BCUT2D eigenvalue weighted by Gasteiger charge is 2.22. The van der Waals surface area contributed by atoms with Gasteiger partial charge in [-0.3, -0.25) is 14.6 Å². The molecular formula is C18H19N3O3S. The number of amides is 2. The highest BCUT2D eigenvalue weighted by Crippen LogP contribution is 2.18. The van der Waals surface area contributed by atoms with Crippen molar-refractivity contribution in [3.8, 4) is 0 Å². The average Bonchev–Trinajstić information content (AvgIpc) is 3.13. The predicted octanol–water partition coefficient (Wildman–Crippen LogP) is 1.08. The van der Waals surface area contributed by atoms with Crippen molar-refractivity contribution in [2.45, 2.75) is 12.5 Å². The van der Waals surface area contributed by atoms with Crippen LogP contribution in [0.15, 0.2) is 47.5 Å². The molecule has 0 fully saturated rings. The number of rotatable bonds is 5. The van der Waals surface area contributed by atoms with Gasteiger partial charge in [-0.15, -0.1) is 0 Å². The third-order valence-corrected chi connectivity index (χ3v) is 4.77. The standard InChI is InChI=1S/C18H19N3O3S/c22-11-15(17(24)21-18-19-8-9-25-18)20-16(23)10-13-6-3-5-12-4-1-2-7-14(12)13/h1-7,15,22H,8-11H2,(H,20,23)(H,19,21,24)/t15-/m0/s1. The molecular weight excluding hydrogens is 338 g/mol. The number of fused-ring (bicyclic) bond motifs is 1. The Bertz CT molecular complexity index is 817. The minimum absolute atomic E-state index is 0.140. The van der Waals surface area contributed by atoms with E-state index < -0.39 is 18.6 Å². The van der Waals surface area contributed by atoms with Gasteiger partial charge in [0.25, 0.3) is 5.91 Å². The van der Waals surface area contributed by atoms with E-state index in [1.54, 1.807) is 0 Å². The highest BCUT2D eigenvalue weighted by molar-refractivity contribution is 8.14. The van der Waals surface area contributed by atoms with Crippen LogP contribution >= 0.6 is 11.8 Å². The SMILES string of the molecule is O=C(Cc1cccc2ccccc12)N[C@@H](CO)C(=O)NC1=NCCS1. The second-order valence-electron chi connectivity index (χ2n) is 5.64. The summed E-state index contributed by atoms with van der Waals surface area (Å²) in [5, 5.41) is 17.2. The molecule has 0 bridgehead atoms. The first-order valence-corrected chi connectivity index (χ1v) is 9.01. The topological polar surface area (TPSA) is 90.8 Å².